The molecular formula is C24H24ClN3O3. The van der Waals surface area contributed by atoms with Crippen LogP contribution in [0.4, 0.5) is 0 Å². The molecule has 1 N–H and O–H groups in total. The fourth-order valence-corrected chi connectivity index (χ4v) is 5.06. The summed E-state index contributed by atoms with van der Waals surface area (Å²) in [6.45, 7) is 3.00. The minimum absolute atomic E-state index is 0.0138. The van der Waals surface area contributed by atoms with Crippen LogP contribution in [0.25, 0.3) is 10.9 Å². The molecule has 5 rings (SSSR count). The Morgan fingerprint density at radius 3 is 2.68 bits per heavy atom. The van der Waals surface area contributed by atoms with Gasteiger partial charge < -0.3 is 19.5 Å². The number of carbonyl (C=O) groups excluding carboxylic acids is 2. The van der Waals surface area contributed by atoms with Crippen molar-refractivity contribution in [1.29, 1.82) is 0 Å². The molecule has 1 fully saturated rings. The molecule has 2 aromatic carbocycles. The zero-order chi connectivity index (χ0) is 21.8. The molecule has 7 heteroatoms. The first-order valence-electron chi connectivity index (χ1n) is 10.4. The maximum Gasteiger partial charge on any atom is 0.254 e. The standard InChI is InChI=1S/C24H24ClN3O3/c1-24-22-18(19-13-17(31-2)7-8-20(19)26-22)10-12-28(24)21(29)14-27(23(24)30)11-9-15-3-5-16(25)6-4-15/h3-8,13,26H,9-12,14H2,1-2H3/t24-/m0/s1. The number of piperazine rings is 1. The van der Waals surface area contributed by atoms with Crippen LogP contribution in [0.15, 0.2) is 42.5 Å². The van der Waals surface area contributed by atoms with Gasteiger partial charge in [0.25, 0.3) is 5.91 Å². The average Bonchev–Trinajstić information content (AvgIpc) is 3.15. The normalized spacial score (nSPS) is 20.7. The monoisotopic (exact) mass is 437 g/mol. The largest absolute Gasteiger partial charge is 0.497 e. The van der Waals surface area contributed by atoms with Gasteiger partial charge >= 0.3 is 0 Å². The van der Waals surface area contributed by atoms with E-state index in [-0.39, 0.29) is 18.4 Å². The van der Waals surface area contributed by atoms with Crippen LogP contribution in [-0.2, 0) is 28.0 Å². The molecule has 3 heterocycles. The van der Waals surface area contributed by atoms with Gasteiger partial charge in [-0.3, -0.25) is 9.59 Å². The van der Waals surface area contributed by atoms with E-state index in [1.54, 1.807) is 16.9 Å². The van der Waals surface area contributed by atoms with E-state index in [9.17, 15) is 9.59 Å². The van der Waals surface area contributed by atoms with Crippen molar-refractivity contribution in [3.8, 4) is 5.75 Å². The van der Waals surface area contributed by atoms with Crippen LogP contribution in [0.5, 0.6) is 5.75 Å². The van der Waals surface area contributed by atoms with Gasteiger partial charge in [-0.1, -0.05) is 23.7 Å². The van der Waals surface area contributed by atoms with Crippen molar-refractivity contribution in [1.82, 2.24) is 14.8 Å². The Morgan fingerprint density at radius 1 is 1.16 bits per heavy atom. The molecule has 0 unspecified atom stereocenters. The predicted octanol–water partition coefficient (Wildman–Crippen LogP) is 3.51. The van der Waals surface area contributed by atoms with E-state index in [1.807, 2.05) is 49.4 Å². The lowest BCUT2D eigenvalue weighted by atomic mass is 9.83. The third kappa shape index (κ3) is 3.08. The number of methoxy groups -OCH3 is 1. The summed E-state index contributed by atoms with van der Waals surface area (Å²) in [5.41, 5.74) is 2.91. The number of nitrogens with one attached hydrogen (secondary N) is 1. The van der Waals surface area contributed by atoms with Crippen LogP contribution in [0, 0.1) is 0 Å². The smallest absolute Gasteiger partial charge is 0.254 e. The van der Waals surface area contributed by atoms with Crippen molar-refractivity contribution in [3.05, 3.63) is 64.3 Å². The molecule has 0 spiro atoms. The number of hydrogen-bond donors (Lipinski definition) is 1. The molecule has 3 aromatic rings. The number of carbonyl (C=O) groups is 2. The molecule has 0 aliphatic carbocycles. The van der Waals surface area contributed by atoms with Gasteiger partial charge in [-0.15, -0.1) is 0 Å². The van der Waals surface area contributed by atoms with E-state index in [2.05, 4.69) is 4.98 Å². The van der Waals surface area contributed by atoms with Crippen LogP contribution in [0.2, 0.25) is 5.02 Å². The maximum absolute atomic E-state index is 13.7. The Hall–Kier alpha value is -2.99. The molecule has 1 aromatic heterocycles. The summed E-state index contributed by atoms with van der Waals surface area (Å²) in [6.07, 6.45) is 1.38. The Bertz CT molecular complexity index is 1190. The van der Waals surface area contributed by atoms with Crippen molar-refractivity contribution >= 4 is 34.3 Å². The lowest BCUT2D eigenvalue weighted by Gasteiger charge is -2.49. The van der Waals surface area contributed by atoms with Crippen LogP contribution in [-0.4, -0.2) is 53.3 Å². The average molecular weight is 438 g/mol. The van der Waals surface area contributed by atoms with Gasteiger partial charge in [0.05, 0.1) is 19.3 Å². The van der Waals surface area contributed by atoms with Crippen LogP contribution in [0.1, 0.15) is 23.7 Å². The number of aromatic nitrogens is 1. The Labute approximate surface area is 185 Å². The van der Waals surface area contributed by atoms with E-state index in [1.165, 1.54) is 0 Å². The third-order valence-electron chi connectivity index (χ3n) is 6.64. The van der Waals surface area contributed by atoms with Gasteiger partial charge in [0.15, 0.2) is 5.54 Å². The predicted molar refractivity (Wildman–Crippen MR) is 119 cm³/mol. The zero-order valence-electron chi connectivity index (χ0n) is 17.6. The molecule has 160 valence electrons. The Balaban J connectivity index is 1.50. The summed E-state index contributed by atoms with van der Waals surface area (Å²) >= 11 is 5.97. The molecule has 31 heavy (non-hydrogen) atoms. The second-order valence-corrected chi connectivity index (χ2v) is 8.80. The summed E-state index contributed by atoms with van der Waals surface area (Å²) in [4.78, 5) is 33.7. The summed E-state index contributed by atoms with van der Waals surface area (Å²) < 4.78 is 5.39. The number of rotatable bonds is 4. The topological polar surface area (TPSA) is 65.6 Å². The first-order chi connectivity index (χ1) is 14.9. The highest BCUT2D eigenvalue weighted by Gasteiger charge is 2.53. The van der Waals surface area contributed by atoms with Crippen molar-refractivity contribution in [2.45, 2.75) is 25.3 Å². The number of H-pyrrole nitrogens is 1. The van der Waals surface area contributed by atoms with Gasteiger partial charge in [-0.2, -0.15) is 0 Å². The van der Waals surface area contributed by atoms with Crippen LogP contribution in [0.3, 0.4) is 0 Å². The minimum atomic E-state index is -1.03. The van der Waals surface area contributed by atoms with E-state index in [0.29, 0.717) is 31.0 Å². The van der Waals surface area contributed by atoms with Gasteiger partial charge in [-0.05, 0) is 61.2 Å². The van der Waals surface area contributed by atoms with E-state index < -0.39 is 5.54 Å². The molecular weight excluding hydrogens is 414 g/mol. The number of hydrogen-bond acceptors (Lipinski definition) is 3. The summed E-state index contributed by atoms with van der Waals surface area (Å²) in [7, 11) is 1.64. The van der Waals surface area contributed by atoms with Crippen LogP contribution < -0.4 is 4.74 Å². The third-order valence-corrected chi connectivity index (χ3v) is 6.89. The molecule has 0 radical (unpaired) electrons. The molecule has 2 aliphatic heterocycles. The number of ether oxygens (including phenoxy) is 1. The zero-order valence-corrected chi connectivity index (χ0v) is 18.3. The summed E-state index contributed by atoms with van der Waals surface area (Å²) in [6, 6.07) is 13.5. The molecule has 1 atom stereocenters. The first kappa shape index (κ1) is 19.9. The number of benzene rings is 2. The molecule has 6 nitrogen and oxygen atoms in total. The second-order valence-electron chi connectivity index (χ2n) is 8.36. The summed E-state index contributed by atoms with van der Waals surface area (Å²) in [5, 5.41) is 1.73. The number of halogens is 1. The molecule has 2 amide bonds. The Kier molecular flexibility index (Phi) is 4.70. The number of amides is 2. The highest BCUT2D eigenvalue weighted by Crippen LogP contribution is 2.42. The lowest BCUT2D eigenvalue weighted by Crippen LogP contribution is -2.67. The fourth-order valence-electron chi connectivity index (χ4n) is 4.93. The van der Waals surface area contributed by atoms with Crippen molar-refractivity contribution < 1.29 is 14.3 Å². The molecule has 0 saturated carbocycles. The van der Waals surface area contributed by atoms with E-state index >= 15 is 0 Å². The van der Waals surface area contributed by atoms with E-state index in [0.717, 1.165) is 33.5 Å². The molecule has 2 aliphatic rings. The number of nitrogens with zero attached hydrogens (tertiary/aromatic N) is 2. The highest BCUT2D eigenvalue weighted by molar-refractivity contribution is 6.30. The maximum atomic E-state index is 13.7. The fraction of sp³-hybridized carbons (Fsp3) is 0.333. The van der Waals surface area contributed by atoms with Crippen molar-refractivity contribution in [2.24, 2.45) is 0 Å². The van der Waals surface area contributed by atoms with Crippen molar-refractivity contribution in [2.75, 3.05) is 26.7 Å². The number of fused-ring (bicyclic) bond motifs is 5. The summed E-state index contributed by atoms with van der Waals surface area (Å²) in [5.74, 6) is 0.721. The van der Waals surface area contributed by atoms with Gasteiger partial charge in [-0.25, -0.2) is 0 Å². The van der Waals surface area contributed by atoms with Gasteiger partial charge in [0.1, 0.15) is 5.75 Å². The second kappa shape index (κ2) is 7.31. The minimum Gasteiger partial charge on any atom is -0.497 e. The lowest BCUT2D eigenvalue weighted by molar-refractivity contribution is -0.165. The van der Waals surface area contributed by atoms with Crippen molar-refractivity contribution in [3.63, 3.8) is 0 Å². The quantitative estimate of drug-likeness (QED) is 0.679. The van der Waals surface area contributed by atoms with Gasteiger partial charge in [0.2, 0.25) is 5.91 Å². The molecule has 1 saturated heterocycles. The Morgan fingerprint density at radius 2 is 1.94 bits per heavy atom. The SMILES string of the molecule is COc1ccc2[nH]c3c(c2c1)CCN1C(=O)CN(CCc2ccc(Cl)cc2)C(=O)[C@]31C. The van der Waals surface area contributed by atoms with Crippen LogP contribution >= 0.6 is 11.6 Å². The number of aromatic amines is 1. The van der Waals surface area contributed by atoms with Gasteiger partial charge in [0, 0.05) is 29.0 Å². The first-order valence-corrected chi connectivity index (χ1v) is 10.8. The van der Waals surface area contributed by atoms with E-state index in [4.69, 9.17) is 16.3 Å². The highest BCUT2D eigenvalue weighted by atomic mass is 35.5. The molecule has 0 bridgehead atoms.